The molecule has 0 saturated carbocycles. The third kappa shape index (κ3) is 3.26. The Hall–Kier alpha value is -1.66. The van der Waals surface area contributed by atoms with E-state index in [1.807, 2.05) is 0 Å². The molecule has 24 heavy (non-hydrogen) atoms. The second kappa shape index (κ2) is 6.69. The number of amides is 1. The zero-order valence-corrected chi connectivity index (χ0v) is 14.0. The average Bonchev–Trinajstić information content (AvgIpc) is 3.03. The molecular formula is C17H13ClF3NOS. The van der Waals surface area contributed by atoms with Crippen LogP contribution >= 0.6 is 23.4 Å². The van der Waals surface area contributed by atoms with Crippen LogP contribution in [0.4, 0.5) is 13.2 Å². The maximum absolute atomic E-state index is 13.3. The summed E-state index contributed by atoms with van der Waals surface area (Å²) < 4.78 is 39.8. The van der Waals surface area contributed by atoms with Crippen molar-refractivity contribution in [2.75, 3.05) is 12.3 Å². The van der Waals surface area contributed by atoms with Crippen molar-refractivity contribution in [1.82, 2.24) is 4.90 Å². The van der Waals surface area contributed by atoms with Crippen molar-refractivity contribution >= 4 is 29.3 Å². The quantitative estimate of drug-likeness (QED) is 0.719. The van der Waals surface area contributed by atoms with Crippen molar-refractivity contribution < 1.29 is 18.0 Å². The second-order valence-corrected chi connectivity index (χ2v) is 6.88. The van der Waals surface area contributed by atoms with Gasteiger partial charge in [0, 0.05) is 12.3 Å². The van der Waals surface area contributed by atoms with Crippen molar-refractivity contribution in [2.24, 2.45) is 0 Å². The number of rotatable bonds is 2. The van der Waals surface area contributed by atoms with Crippen LogP contribution in [0.25, 0.3) is 0 Å². The van der Waals surface area contributed by atoms with Gasteiger partial charge in [0.2, 0.25) is 0 Å². The number of carbonyl (C=O) groups is 1. The molecule has 1 fully saturated rings. The van der Waals surface area contributed by atoms with Crippen molar-refractivity contribution in [2.45, 2.75) is 11.6 Å². The third-order valence-corrected chi connectivity index (χ3v) is 5.36. The first-order chi connectivity index (χ1) is 11.4. The SMILES string of the molecule is O=C(c1ccccc1Cl)N1CCS[C@H]1c1ccccc1C(F)(F)F. The van der Waals surface area contributed by atoms with Gasteiger partial charge in [-0.15, -0.1) is 11.8 Å². The molecule has 0 bridgehead atoms. The molecule has 3 rings (SSSR count). The van der Waals surface area contributed by atoms with Gasteiger partial charge in [-0.25, -0.2) is 0 Å². The Bertz CT molecular complexity index is 765. The van der Waals surface area contributed by atoms with Gasteiger partial charge in [-0.3, -0.25) is 4.79 Å². The topological polar surface area (TPSA) is 20.3 Å². The summed E-state index contributed by atoms with van der Waals surface area (Å²) >= 11 is 7.39. The molecule has 1 heterocycles. The van der Waals surface area contributed by atoms with Crippen LogP contribution in [-0.2, 0) is 6.18 Å². The van der Waals surface area contributed by atoms with E-state index in [1.165, 1.54) is 28.8 Å². The van der Waals surface area contributed by atoms with Crippen LogP contribution in [0.5, 0.6) is 0 Å². The molecule has 1 aliphatic heterocycles. The smallest absolute Gasteiger partial charge is 0.322 e. The number of benzene rings is 2. The fraction of sp³-hybridized carbons (Fsp3) is 0.235. The molecule has 2 aromatic carbocycles. The minimum Gasteiger partial charge on any atom is -0.322 e. The van der Waals surface area contributed by atoms with Gasteiger partial charge in [0.05, 0.1) is 16.1 Å². The van der Waals surface area contributed by atoms with Gasteiger partial charge in [-0.05, 0) is 23.8 Å². The number of alkyl halides is 3. The Morgan fingerprint density at radius 3 is 2.50 bits per heavy atom. The number of hydrogen-bond donors (Lipinski definition) is 0. The standard InChI is InChI=1S/C17H13ClF3NOS/c18-14-8-4-2-6-12(14)15(23)22-9-10-24-16(22)11-5-1-3-7-13(11)17(19,20)21/h1-8,16H,9-10H2/t16-/m0/s1. The molecule has 0 radical (unpaired) electrons. The number of hydrogen-bond acceptors (Lipinski definition) is 2. The zero-order valence-electron chi connectivity index (χ0n) is 12.4. The lowest BCUT2D eigenvalue weighted by Gasteiger charge is -2.26. The predicted octanol–water partition coefficient (Wildman–Crippen LogP) is 5.25. The van der Waals surface area contributed by atoms with E-state index in [1.54, 1.807) is 30.3 Å². The molecule has 1 atom stereocenters. The summed E-state index contributed by atoms with van der Waals surface area (Å²) in [6.07, 6.45) is -4.46. The molecule has 2 nitrogen and oxygen atoms in total. The average molecular weight is 372 g/mol. The first-order valence-electron chi connectivity index (χ1n) is 7.23. The van der Waals surface area contributed by atoms with E-state index < -0.39 is 17.1 Å². The Kier molecular flexibility index (Phi) is 4.78. The summed E-state index contributed by atoms with van der Waals surface area (Å²) in [4.78, 5) is 14.2. The van der Waals surface area contributed by atoms with Gasteiger partial charge in [-0.1, -0.05) is 41.9 Å². The minimum atomic E-state index is -4.46. The highest BCUT2D eigenvalue weighted by atomic mass is 35.5. The van der Waals surface area contributed by atoms with Gasteiger partial charge < -0.3 is 4.90 Å². The van der Waals surface area contributed by atoms with E-state index in [2.05, 4.69) is 0 Å². The fourth-order valence-corrected chi connectivity index (χ4v) is 4.20. The van der Waals surface area contributed by atoms with E-state index in [0.29, 0.717) is 22.9 Å². The molecule has 0 spiro atoms. The molecule has 2 aromatic rings. The minimum absolute atomic E-state index is 0.105. The summed E-state index contributed by atoms with van der Waals surface area (Å²) in [5, 5.41) is -0.381. The lowest BCUT2D eigenvalue weighted by Crippen LogP contribution is -2.31. The summed E-state index contributed by atoms with van der Waals surface area (Å²) in [5.41, 5.74) is -0.301. The van der Waals surface area contributed by atoms with Crippen molar-refractivity contribution in [3.05, 3.63) is 70.2 Å². The Morgan fingerprint density at radius 1 is 1.12 bits per heavy atom. The summed E-state index contributed by atoms with van der Waals surface area (Å²) in [5.74, 6) is 0.222. The van der Waals surface area contributed by atoms with E-state index in [-0.39, 0.29) is 11.5 Å². The number of thioether (sulfide) groups is 1. The molecule has 0 aromatic heterocycles. The van der Waals surface area contributed by atoms with Gasteiger partial charge in [0.15, 0.2) is 0 Å². The van der Waals surface area contributed by atoms with Crippen LogP contribution in [0.15, 0.2) is 48.5 Å². The molecule has 0 N–H and O–H groups in total. The summed E-state index contributed by atoms with van der Waals surface area (Å²) in [6.45, 7) is 0.381. The number of nitrogens with zero attached hydrogens (tertiary/aromatic N) is 1. The Labute approximate surface area is 146 Å². The highest BCUT2D eigenvalue weighted by molar-refractivity contribution is 7.99. The maximum Gasteiger partial charge on any atom is 0.416 e. The largest absolute Gasteiger partial charge is 0.416 e. The lowest BCUT2D eigenvalue weighted by molar-refractivity contribution is -0.138. The molecular weight excluding hydrogens is 359 g/mol. The molecule has 1 saturated heterocycles. The Balaban J connectivity index is 1.98. The fourth-order valence-electron chi connectivity index (χ4n) is 2.70. The molecule has 7 heteroatoms. The van der Waals surface area contributed by atoms with Gasteiger partial charge in [0.25, 0.3) is 5.91 Å². The molecule has 126 valence electrons. The van der Waals surface area contributed by atoms with Crippen molar-refractivity contribution in [3.63, 3.8) is 0 Å². The van der Waals surface area contributed by atoms with E-state index in [0.717, 1.165) is 6.07 Å². The van der Waals surface area contributed by atoms with E-state index in [9.17, 15) is 18.0 Å². The molecule has 1 aliphatic rings. The highest BCUT2D eigenvalue weighted by Gasteiger charge is 2.39. The summed E-state index contributed by atoms with van der Waals surface area (Å²) in [6, 6.07) is 11.9. The number of halogens is 4. The lowest BCUT2D eigenvalue weighted by atomic mass is 10.1. The van der Waals surface area contributed by atoms with Crippen LogP contribution in [-0.4, -0.2) is 23.1 Å². The van der Waals surface area contributed by atoms with Gasteiger partial charge in [-0.2, -0.15) is 13.2 Å². The molecule has 1 amide bonds. The third-order valence-electron chi connectivity index (χ3n) is 3.79. The molecule has 0 unspecified atom stereocenters. The van der Waals surface area contributed by atoms with Crippen LogP contribution in [0.1, 0.15) is 26.9 Å². The van der Waals surface area contributed by atoms with Crippen molar-refractivity contribution in [3.8, 4) is 0 Å². The summed E-state index contributed by atoms with van der Waals surface area (Å²) in [7, 11) is 0. The van der Waals surface area contributed by atoms with Crippen LogP contribution in [0, 0.1) is 0 Å². The first kappa shape index (κ1) is 17.2. The number of carbonyl (C=O) groups excluding carboxylic acids is 1. The zero-order chi connectivity index (χ0) is 17.3. The Morgan fingerprint density at radius 2 is 1.79 bits per heavy atom. The van der Waals surface area contributed by atoms with Crippen LogP contribution < -0.4 is 0 Å². The highest BCUT2D eigenvalue weighted by Crippen LogP contribution is 2.44. The van der Waals surface area contributed by atoms with Gasteiger partial charge >= 0.3 is 6.18 Å². The second-order valence-electron chi connectivity index (χ2n) is 5.29. The van der Waals surface area contributed by atoms with E-state index in [4.69, 9.17) is 11.6 Å². The predicted molar refractivity (Wildman–Crippen MR) is 89.1 cm³/mol. The van der Waals surface area contributed by atoms with Crippen molar-refractivity contribution in [1.29, 1.82) is 0 Å². The van der Waals surface area contributed by atoms with E-state index >= 15 is 0 Å². The first-order valence-corrected chi connectivity index (χ1v) is 8.65. The normalized spacial score (nSPS) is 18.0. The monoisotopic (exact) mass is 371 g/mol. The van der Waals surface area contributed by atoms with Crippen LogP contribution in [0.2, 0.25) is 5.02 Å². The van der Waals surface area contributed by atoms with Crippen LogP contribution in [0.3, 0.4) is 0 Å². The van der Waals surface area contributed by atoms with Gasteiger partial charge in [0.1, 0.15) is 5.37 Å². The maximum atomic E-state index is 13.3. The molecule has 0 aliphatic carbocycles.